The average molecular weight is 353 g/mol. The Morgan fingerprint density at radius 2 is 1.75 bits per heavy atom. The fourth-order valence-corrected chi connectivity index (χ4v) is 4.67. The molecule has 1 atom stereocenters. The third-order valence-corrected chi connectivity index (χ3v) is 6.16. The Balaban J connectivity index is 1.90. The van der Waals surface area contributed by atoms with Gasteiger partial charge in [-0.15, -0.1) is 0 Å². The molecule has 0 N–H and O–H groups in total. The van der Waals surface area contributed by atoms with Crippen molar-refractivity contribution in [3.63, 3.8) is 0 Å². The van der Waals surface area contributed by atoms with Gasteiger partial charge >= 0.3 is 0 Å². The number of ether oxygens (including phenoxy) is 1. The van der Waals surface area contributed by atoms with Gasteiger partial charge in [0, 0.05) is 19.0 Å². The topological polar surface area (TPSA) is 46.6 Å². The standard InChI is InChI=1S/C17H17F2NO3S/c1-23-16-8-3-2-5-13(16)12-9-10-20(11-12)24(21,22)17-14(18)6-4-7-15(17)19/h2-8,12H,9-11H2,1H3/t12-/m1/s1. The number of para-hydroxylation sites is 1. The van der Waals surface area contributed by atoms with E-state index < -0.39 is 26.6 Å². The Kier molecular flexibility index (Phi) is 4.56. The SMILES string of the molecule is COc1ccccc1[C@@H]1CCN(S(=O)(=O)c2c(F)cccc2F)C1. The first-order chi connectivity index (χ1) is 11.4. The minimum Gasteiger partial charge on any atom is -0.496 e. The van der Waals surface area contributed by atoms with Crippen LogP contribution in [-0.4, -0.2) is 32.9 Å². The molecule has 0 aromatic heterocycles. The molecule has 7 heteroatoms. The van der Waals surface area contributed by atoms with Crippen LogP contribution in [0.25, 0.3) is 0 Å². The van der Waals surface area contributed by atoms with Crippen molar-refractivity contribution in [3.8, 4) is 5.75 Å². The first kappa shape index (κ1) is 16.9. The second kappa shape index (κ2) is 6.49. The van der Waals surface area contributed by atoms with Crippen molar-refractivity contribution in [1.29, 1.82) is 0 Å². The number of methoxy groups -OCH3 is 1. The lowest BCUT2D eigenvalue weighted by molar-refractivity contribution is 0.404. The lowest BCUT2D eigenvalue weighted by Crippen LogP contribution is -2.30. The number of benzene rings is 2. The Labute approximate surface area is 139 Å². The molecule has 1 aliphatic rings. The van der Waals surface area contributed by atoms with Gasteiger partial charge in [0.05, 0.1) is 7.11 Å². The lowest BCUT2D eigenvalue weighted by Gasteiger charge is -2.18. The van der Waals surface area contributed by atoms with Gasteiger partial charge < -0.3 is 4.74 Å². The van der Waals surface area contributed by atoms with Gasteiger partial charge in [-0.25, -0.2) is 17.2 Å². The molecule has 2 aromatic carbocycles. The quantitative estimate of drug-likeness (QED) is 0.848. The molecular formula is C17H17F2NO3S. The van der Waals surface area contributed by atoms with Crippen molar-refractivity contribution < 1.29 is 21.9 Å². The van der Waals surface area contributed by atoms with Gasteiger partial charge in [0.2, 0.25) is 10.0 Å². The maximum absolute atomic E-state index is 13.9. The third-order valence-electron chi connectivity index (χ3n) is 4.25. The number of nitrogens with zero attached hydrogens (tertiary/aromatic N) is 1. The normalized spacial score (nSPS) is 18.7. The van der Waals surface area contributed by atoms with E-state index in [4.69, 9.17) is 4.74 Å². The second-order valence-corrected chi connectivity index (χ2v) is 7.52. The summed E-state index contributed by atoms with van der Waals surface area (Å²) in [7, 11) is -2.67. The van der Waals surface area contributed by atoms with Gasteiger partial charge in [0.15, 0.2) is 4.90 Å². The summed E-state index contributed by atoms with van der Waals surface area (Å²) in [4.78, 5) is -0.884. The summed E-state index contributed by atoms with van der Waals surface area (Å²) in [5.41, 5.74) is 0.895. The summed E-state index contributed by atoms with van der Waals surface area (Å²) in [5, 5.41) is 0. The number of hydrogen-bond donors (Lipinski definition) is 0. The van der Waals surface area contributed by atoms with Crippen LogP contribution in [0.2, 0.25) is 0 Å². The summed E-state index contributed by atoms with van der Waals surface area (Å²) in [5.74, 6) is -1.55. The Hall–Kier alpha value is -1.99. The minimum absolute atomic E-state index is 0.0780. The Bertz CT molecular complexity index is 834. The summed E-state index contributed by atoms with van der Waals surface area (Å²) < 4.78 is 59.4. The molecule has 0 saturated carbocycles. The van der Waals surface area contributed by atoms with Gasteiger partial charge in [-0.2, -0.15) is 4.31 Å². The van der Waals surface area contributed by atoms with Crippen molar-refractivity contribution in [1.82, 2.24) is 4.31 Å². The molecule has 2 aromatic rings. The van der Waals surface area contributed by atoms with Crippen LogP contribution in [0.15, 0.2) is 47.4 Å². The van der Waals surface area contributed by atoms with Crippen molar-refractivity contribution >= 4 is 10.0 Å². The lowest BCUT2D eigenvalue weighted by atomic mass is 9.97. The van der Waals surface area contributed by atoms with Crippen LogP contribution in [0, 0.1) is 11.6 Å². The molecule has 24 heavy (non-hydrogen) atoms. The zero-order chi connectivity index (χ0) is 17.3. The molecule has 0 bridgehead atoms. The van der Waals surface area contributed by atoms with Crippen LogP contribution in [0.1, 0.15) is 17.9 Å². The highest BCUT2D eigenvalue weighted by atomic mass is 32.2. The van der Waals surface area contributed by atoms with E-state index in [1.807, 2.05) is 24.3 Å². The van der Waals surface area contributed by atoms with Gasteiger partial charge in [0.1, 0.15) is 17.4 Å². The van der Waals surface area contributed by atoms with Gasteiger partial charge in [0.25, 0.3) is 0 Å². The molecule has 1 aliphatic heterocycles. The van der Waals surface area contributed by atoms with Crippen LogP contribution in [0.3, 0.4) is 0 Å². The van der Waals surface area contributed by atoms with E-state index in [1.165, 1.54) is 0 Å². The molecule has 128 valence electrons. The van der Waals surface area contributed by atoms with E-state index in [1.54, 1.807) is 7.11 Å². The summed E-state index contributed by atoms with van der Waals surface area (Å²) in [6.07, 6.45) is 0.565. The maximum atomic E-state index is 13.9. The highest BCUT2D eigenvalue weighted by Crippen LogP contribution is 2.36. The smallest absolute Gasteiger partial charge is 0.248 e. The molecule has 3 rings (SSSR count). The monoisotopic (exact) mass is 353 g/mol. The fourth-order valence-electron chi connectivity index (χ4n) is 3.06. The molecule has 1 saturated heterocycles. The molecular weight excluding hydrogens is 336 g/mol. The maximum Gasteiger partial charge on any atom is 0.248 e. The number of hydrogen-bond acceptors (Lipinski definition) is 3. The van der Waals surface area contributed by atoms with Crippen molar-refractivity contribution in [2.45, 2.75) is 17.2 Å². The predicted octanol–water partition coefficient (Wildman–Crippen LogP) is 3.15. The molecule has 0 amide bonds. The zero-order valence-corrected chi connectivity index (χ0v) is 13.9. The fraction of sp³-hybridized carbons (Fsp3) is 0.294. The summed E-state index contributed by atoms with van der Waals surface area (Å²) in [6.45, 7) is 0.370. The van der Waals surface area contributed by atoms with Crippen LogP contribution in [0.4, 0.5) is 8.78 Å². The van der Waals surface area contributed by atoms with E-state index >= 15 is 0 Å². The molecule has 1 fully saturated rings. The molecule has 4 nitrogen and oxygen atoms in total. The van der Waals surface area contributed by atoms with Crippen LogP contribution < -0.4 is 4.74 Å². The van der Waals surface area contributed by atoms with Gasteiger partial charge in [-0.05, 0) is 30.2 Å². The molecule has 0 unspecified atom stereocenters. The number of halogens is 2. The molecule has 0 spiro atoms. The second-order valence-electron chi connectivity index (χ2n) is 5.64. The van der Waals surface area contributed by atoms with E-state index in [0.717, 1.165) is 28.1 Å². The van der Waals surface area contributed by atoms with Crippen LogP contribution in [-0.2, 0) is 10.0 Å². The Morgan fingerprint density at radius 3 is 2.42 bits per heavy atom. The first-order valence-electron chi connectivity index (χ1n) is 7.52. The van der Waals surface area contributed by atoms with Gasteiger partial charge in [-0.1, -0.05) is 24.3 Å². The van der Waals surface area contributed by atoms with Crippen LogP contribution in [0.5, 0.6) is 5.75 Å². The zero-order valence-electron chi connectivity index (χ0n) is 13.1. The van der Waals surface area contributed by atoms with Crippen molar-refractivity contribution in [2.24, 2.45) is 0 Å². The van der Waals surface area contributed by atoms with Crippen molar-refractivity contribution in [2.75, 3.05) is 20.2 Å². The largest absolute Gasteiger partial charge is 0.496 e. The highest BCUT2D eigenvalue weighted by molar-refractivity contribution is 7.89. The third kappa shape index (κ3) is 2.89. The summed E-state index contributed by atoms with van der Waals surface area (Å²) in [6, 6.07) is 10.4. The highest BCUT2D eigenvalue weighted by Gasteiger charge is 2.37. The van der Waals surface area contributed by atoms with E-state index in [2.05, 4.69) is 0 Å². The van der Waals surface area contributed by atoms with Gasteiger partial charge in [-0.3, -0.25) is 0 Å². The molecule has 0 aliphatic carbocycles. The Morgan fingerprint density at radius 1 is 1.08 bits per heavy atom. The minimum atomic E-state index is -4.22. The summed E-state index contributed by atoms with van der Waals surface area (Å²) >= 11 is 0. The number of sulfonamides is 1. The van der Waals surface area contributed by atoms with E-state index in [0.29, 0.717) is 12.2 Å². The molecule has 1 heterocycles. The average Bonchev–Trinajstić information content (AvgIpc) is 3.05. The molecule has 0 radical (unpaired) electrons. The van der Waals surface area contributed by atoms with Crippen molar-refractivity contribution in [3.05, 3.63) is 59.7 Å². The number of rotatable bonds is 4. The van der Waals surface area contributed by atoms with E-state index in [-0.39, 0.29) is 19.0 Å². The predicted molar refractivity (Wildman–Crippen MR) is 85.5 cm³/mol. The first-order valence-corrected chi connectivity index (χ1v) is 8.96. The van der Waals surface area contributed by atoms with E-state index in [9.17, 15) is 17.2 Å². The van der Waals surface area contributed by atoms with Crippen LogP contribution >= 0.6 is 0 Å².